The molecule has 1 N–H and O–H groups in total. The second-order valence-corrected chi connectivity index (χ2v) is 10.5. The number of methoxy groups -OCH3 is 1. The molecule has 0 saturated heterocycles. The second-order valence-electron chi connectivity index (χ2n) is 8.28. The molecule has 1 saturated carbocycles. The van der Waals surface area contributed by atoms with Gasteiger partial charge >= 0.3 is 5.97 Å². The van der Waals surface area contributed by atoms with Gasteiger partial charge in [0.1, 0.15) is 5.75 Å². The van der Waals surface area contributed by atoms with Crippen LogP contribution in [0.15, 0.2) is 41.3 Å². The Morgan fingerprint density at radius 3 is 2.31 bits per heavy atom. The van der Waals surface area contributed by atoms with Gasteiger partial charge in [-0.2, -0.15) is 0 Å². The Hall–Kier alpha value is -2.87. The summed E-state index contributed by atoms with van der Waals surface area (Å²) >= 11 is 0. The summed E-state index contributed by atoms with van der Waals surface area (Å²) in [6, 6.07) is 10.2. The van der Waals surface area contributed by atoms with Crippen LogP contribution in [0.25, 0.3) is 0 Å². The van der Waals surface area contributed by atoms with E-state index in [0.717, 1.165) is 16.7 Å². The van der Waals surface area contributed by atoms with Gasteiger partial charge < -0.3 is 14.8 Å². The zero-order valence-electron chi connectivity index (χ0n) is 18.9. The first-order valence-corrected chi connectivity index (χ1v) is 12.0. The summed E-state index contributed by atoms with van der Waals surface area (Å²) in [4.78, 5) is 25.6. The number of hydrogen-bond acceptors (Lipinski definition) is 6. The lowest BCUT2D eigenvalue weighted by Gasteiger charge is -2.27. The summed E-state index contributed by atoms with van der Waals surface area (Å²) < 4.78 is 35.8. The average molecular weight is 460 g/mol. The van der Waals surface area contributed by atoms with Crippen molar-refractivity contribution in [2.45, 2.75) is 56.1 Å². The number of rotatable bonds is 7. The van der Waals surface area contributed by atoms with Crippen molar-refractivity contribution in [2.75, 3.05) is 19.0 Å². The maximum atomic E-state index is 13.5. The van der Waals surface area contributed by atoms with Gasteiger partial charge in [-0.15, -0.1) is 0 Å². The summed E-state index contributed by atoms with van der Waals surface area (Å²) in [5, 5.41) is 2.65. The molecule has 0 bridgehead atoms. The van der Waals surface area contributed by atoms with E-state index in [1.54, 1.807) is 24.3 Å². The van der Waals surface area contributed by atoms with E-state index >= 15 is 0 Å². The molecule has 172 valence electrons. The lowest BCUT2D eigenvalue weighted by Crippen LogP contribution is -2.46. The predicted octanol–water partition coefficient (Wildman–Crippen LogP) is 3.89. The molecule has 1 amide bonds. The molecule has 0 aliphatic heterocycles. The second kappa shape index (κ2) is 9.32. The van der Waals surface area contributed by atoms with Crippen molar-refractivity contribution in [1.82, 2.24) is 0 Å². The van der Waals surface area contributed by atoms with Crippen LogP contribution in [-0.2, 0) is 24.2 Å². The fourth-order valence-corrected chi connectivity index (χ4v) is 6.14. The number of aryl methyl sites for hydroxylation is 3. The lowest BCUT2D eigenvalue weighted by atomic mass is 10.1. The van der Waals surface area contributed by atoms with Gasteiger partial charge in [0.15, 0.2) is 21.2 Å². The van der Waals surface area contributed by atoms with E-state index in [4.69, 9.17) is 9.47 Å². The number of benzene rings is 2. The molecule has 7 nitrogen and oxygen atoms in total. The first-order chi connectivity index (χ1) is 15.1. The number of anilines is 1. The van der Waals surface area contributed by atoms with Crippen LogP contribution in [0.5, 0.6) is 5.75 Å². The number of esters is 1. The summed E-state index contributed by atoms with van der Waals surface area (Å²) in [5.74, 6) is -0.974. The molecule has 2 aromatic carbocycles. The first kappa shape index (κ1) is 23.8. The van der Waals surface area contributed by atoms with Crippen molar-refractivity contribution in [3.8, 4) is 5.75 Å². The Kier molecular flexibility index (Phi) is 6.93. The highest BCUT2D eigenvalue weighted by Crippen LogP contribution is 2.42. The Balaban J connectivity index is 1.78. The number of ether oxygens (including phenoxy) is 2. The topological polar surface area (TPSA) is 98.8 Å². The van der Waals surface area contributed by atoms with Gasteiger partial charge in [-0.25, -0.2) is 8.42 Å². The Labute approximate surface area is 189 Å². The highest BCUT2D eigenvalue weighted by atomic mass is 32.2. The normalized spacial score (nSPS) is 15.2. The van der Waals surface area contributed by atoms with Gasteiger partial charge in [0.25, 0.3) is 5.91 Å². The molecule has 0 radical (unpaired) electrons. The Morgan fingerprint density at radius 1 is 1.00 bits per heavy atom. The Bertz CT molecular complexity index is 1130. The molecule has 1 fully saturated rings. The molecule has 0 aromatic heterocycles. The van der Waals surface area contributed by atoms with Crippen molar-refractivity contribution in [1.29, 1.82) is 0 Å². The number of sulfone groups is 1. The van der Waals surface area contributed by atoms with Crippen molar-refractivity contribution < 1.29 is 27.5 Å². The third-order valence-corrected chi connectivity index (χ3v) is 8.53. The van der Waals surface area contributed by atoms with Gasteiger partial charge in [0.05, 0.1) is 17.7 Å². The summed E-state index contributed by atoms with van der Waals surface area (Å²) in [6.45, 7) is 5.02. The van der Waals surface area contributed by atoms with Crippen LogP contribution < -0.4 is 10.1 Å². The lowest BCUT2D eigenvalue weighted by molar-refractivity contribution is -0.149. The van der Waals surface area contributed by atoms with Crippen LogP contribution in [0.2, 0.25) is 0 Å². The fraction of sp³-hybridized carbons (Fsp3) is 0.417. The molecule has 0 unspecified atom stereocenters. The minimum atomic E-state index is -3.99. The van der Waals surface area contributed by atoms with E-state index < -0.39 is 33.1 Å². The average Bonchev–Trinajstić information content (AvgIpc) is 3.26. The quantitative estimate of drug-likeness (QED) is 0.631. The first-order valence-electron chi connectivity index (χ1n) is 10.5. The number of hydrogen-bond donors (Lipinski definition) is 1. The predicted molar refractivity (Wildman–Crippen MR) is 122 cm³/mol. The zero-order chi connectivity index (χ0) is 23.5. The Morgan fingerprint density at radius 2 is 1.69 bits per heavy atom. The van der Waals surface area contributed by atoms with Gasteiger partial charge in [-0.05, 0) is 74.6 Å². The molecular weight excluding hydrogens is 430 g/mol. The van der Waals surface area contributed by atoms with Gasteiger partial charge in [-0.1, -0.05) is 25.0 Å². The van der Waals surface area contributed by atoms with Gasteiger partial charge in [-0.3, -0.25) is 9.59 Å². The van der Waals surface area contributed by atoms with E-state index in [-0.39, 0.29) is 17.7 Å². The summed E-state index contributed by atoms with van der Waals surface area (Å²) in [7, 11) is -2.50. The molecule has 2 aromatic rings. The van der Waals surface area contributed by atoms with Crippen molar-refractivity contribution in [3.05, 3.63) is 53.1 Å². The van der Waals surface area contributed by atoms with E-state index in [2.05, 4.69) is 5.32 Å². The van der Waals surface area contributed by atoms with Crippen molar-refractivity contribution in [2.24, 2.45) is 0 Å². The minimum Gasteiger partial charge on any atom is -0.495 e. The third kappa shape index (κ3) is 4.50. The maximum Gasteiger partial charge on any atom is 0.328 e. The minimum absolute atomic E-state index is 0.105. The van der Waals surface area contributed by atoms with Gasteiger partial charge in [0, 0.05) is 0 Å². The monoisotopic (exact) mass is 459 g/mol. The SMILES string of the molecule is COc1ccc(C)cc1NC(=O)COC(=O)C1(S(=O)(=O)c2ccc(C)c(C)c2)CCCC1. The third-order valence-electron chi connectivity index (χ3n) is 6.05. The van der Waals surface area contributed by atoms with E-state index in [9.17, 15) is 18.0 Å². The number of carbonyl (C=O) groups is 2. The zero-order valence-corrected chi connectivity index (χ0v) is 19.7. The van der Waals surface area contributed by atoms with E-state index in [0.29, 0.717) is 24.3 Å². The standard InChI is InChI=1S/C24H29NO6S/c1-16-7-10-21(30-4)20(13-16)25-22(26)15-31-23(27)24(11-5-6-12-24)32(28,29)19-9-8-17(2)18(3)14-19/h7-10,13-14H,5-6,11-12,15H2,1-4H3,(H,25,26). The van der Waals surface area contributed by atoms with Crippen LogP contribution in [0.3, 0.4) is 0 Å². The molecular formula is C24H29NO6S. The van der Waals surface area contributed by atoms with Crippen LogP contribution in [0, 0.1) is 20.8 Å². The molecule has 8 heteroatoms. The maximum absolute atomic E-state index is 13.5. The number of carbonyl (C=O) groups excluding carboxylic acids is 2. The molecule has 1 aliphatic rings. The summed E-state index contributed by atoms with van der Waals surface area (Å²) in [5.41, 5.74) is 3.17. The molecule has 0 spiro atoms. The van der Waals surface area contributed by atoms with Crippen molar-refractivity contribution in [3.63, 3.8) is 0 Å². The van der Waals surface area contributed by atoms with Crippen LogP contribution >= 0.6 is 0 Å². The van der Waals surface area contributed by atoms with Gasteiger partial charge in [0.2, 0.25) is 0 Å². The fourth-order valence-electron chi connectivity index (χ4n) is 4.00. The highest BCUT2D eigenvalue weighted by molar-refractivity contribution is 7.93. The van der Waals surface area contributed by atoms with Crippen LogP contribution in [0.4, 0.5) is 5.69 Å². The smallest absolute Gasteiger partial charge is 0.328 e. The highest BCUT2D eigenvalue weighted by Gasteiger charge is 2.54. The van der Waals surface area contributed by atoms with Crippen LogP contribution in [-0.4, -0.2) is 38.8 Å². The largest absolute Gasteiger partial charge is 0.495 e. The molecule has 0 atom stereocenters. The molecule has 32 heavy (non-hydrogen) atoms. The number of amides is 1. The molecule has 1 aliphatic carbocycles. The van der Waals surface area contributed by atoms with E-state index in [1.807, 2.05) is 26.8 Å². The van der Waals surface area contributed by atoms with E-state index in [1.165, 1.54) is 13.2 Å². The number of nitrogens with one attached hydrogen (secondary N) is 1. The van der Waals surface area contributed by atoms with Crippen molar-refractivity contribution >= 4 is 27.4 Å². The molecule has 0 heterocycles. The van der Waals surface area contributed by atoms with Crippen LogP contribution in [0.1, 0.15) is 42.4 Å². The molecule has 3 rings (SSSR count). The summed E-state index contributed by atoms with van der Waals surface area (Å²) in [6.07, 6.45) is 1.56.